The van der Waals surface area contributed by atoms with E-state index in [0.717, 1.165) is 5.39 Å². The second kappa shape index (κ2) is 4.70. The number of benzene rings is 1. The summed E-state index contributed by atoms with van der Waals surface area (Å²) >= 11 is 5.61. The van der Waals surface area contributed by atoms with Crippen molar-refractivity contribution >= 4 is 22.5 Å². The highest BCUT2D eigenvalue weighted by atomic mass is 35.5. The second-order valence-corrected chi connectivity index (χ2v) is 4.18. The van der Waals surface area contributed by atoms with Gasteiger partial charge in [0, 0.05) is 17.6 Å². The van der Waals surface area contributed by atoms with Gasteiger partial charge in [-0.25, -0.2) is 0 Å². The fourth-order valence-electron chi connectivity index (χ4n) is 1.68. The molecule has 3 aromatic rings. The molecule has 1 aromatic carbocycles. The molecule has 0 atom stereocenters. The van der Waals surface area contributed by atoms with Crippen molar-refractivity contribution in [2.75, 3.05) is 0 Å². The first-order chi connectivity index (χ1) is 9.24. The van der Waals surface area contributed by atoms with Crippen molar-refractivity contribution in [1.29, 1.82) is 0 Å². The van der Waals surface area contributed by atoms with Crippen LogP contribution in [0.5, 0.6) is 17.4 Å². The van der Waals surface area contributed by atoms with E-state index in [1.807, 2.05) is 24.3 Å². The Morgan fingerprint density at radius 1 is 1.11 bits per heavy atom. The number of ether oxygens (including phenoxy) is 1. The molecule has 0 amide bonds. The van der Waals surface area contributed by atoms with E-state index in [1.165, 1.54) is 6.07 Å². The van der Waals surface area contributed by atoms with Crippen LogP contribution in [0.2, 0.25) is 5.15 Å². The maximum atomic E-state index is 9.69. The molecule has 2 heterocycles. The molecule has 0 saturated carbocycles. The number of hydrogen-bond acceptors (Lipinski definition) is 5. The molecule has 19 heavy (non-hydrogen) atoms. The molecule has 0 saturated heterocycles. The van der Waals surface area contributed by atoms with Gasteiger partial charge in [-0.3, -0.25) is 4.98 Å². The molecule has 0 radical (unpaired) electrons. The van der Waals surface area contributed by atoms with Crippen LogP contribution in [0, 0.1) is 0 Å². The molecule has 5 nitrogen and oxygen atoms in total. The lowest BCUT2D eigenvalue weighted by Crippen LogP contribution is -1.93. The minimum atomic E-state index is -0.173. The van der Waals surface area contributed by atoms with Crippen molar-refractivity contribution in [2.45, 2.75) is 0 Å². The minimum Gasteiger partial charge on any atom is -0.503 e. The van der Waals surface area contributed by atoms with Gasteiger partial charge < -0.3 is 9.84 Å². The fourth-order valence-corrected chi connectivity index (χ4v) is 1.82. The fraction of sp³-hybridized carbons (Fsp3) is 0. The van der Waals surface area contributed by atoms with Crippen LogP contribution in [0.3, 0.4) is 0 Å². The van der Waals surface area contributed by atoms with E-state index >= 15 is 0 Å². The molecule has 0 aliphatic carbocycles. The summed E-state index contributed by atoms with van der Waals surface area (Å²) in [5.74, 6) is 0.306. The van der Waals surface area contributed by atoms with E-state index in [-0.39, 0.29) is 16.8 Å². The van der Waals surface area contributed by atoms with Gasteiger partial charge in [-0.15, -0.1) is 10.2 Å². The van der Waals surface area contributed by atoms with Crippen LogP contribution in [0.15, 0.2) is 42.6 Å². The minimum absolute atomic E-state index is 0.0115. The third kappa shape index (κ3) is 2.28. The first kappa shape index (κ1) is 11.7. The molecule has 0 aliphatic rings. The number of nitrogens with zero attached hydrogens (tertiary/aromatic N) is 3. The number of pyridine rings is 1. The van der Waals surface area contributed by atoms with Crippen molar-refractivity contribution in [3.8, 4) is 17.4 Å². The standard InChI is InChI=1S/C13H8ClN3O2/c14-11-7-9(18)13(17-16-11)19-10-5-1-3-8-4-2-6-15-12(8)10/h1-7H,(H,16,18). The van der Waals surface area contributed by atoms with Gasteiger partial charge in [0.05, 0.1) is 0 Å². The highest BCUT2D eigenvalue weighted by Crippen LogP contribution is 2.32. The van der Waals surface area contributed by atoms with Gasteiger partial charge in [-0.05, 0) is 12.1 Å². The number of halogens is 1. The van der Waals surface area contributed by atoms with Crippen LogP contribution < -0.4 is 4.74 Å². The monoisotopic (exact) mass is 273 g/mol. The van der Waals surface area contributed by atoms with E-state index in [4.69, 9.17) is 16.3 Å². The lowest BCUT2D eigenvalue weighted by atomic mass is 10.2. The van der Waals surface area contributed by atoms with Crippen LogP contribution in [0.1, 0.15) is 0 Å². The number of fused-ring (bicyclic) bond motifs is 1. The third-order valence-electron chi connectivity index (χ3n) is 2.51. The SMILES string of the molecule is Oc1cc(Cl)nnc1Oc1cccc2cccnc12. The first-order valence-corrected chi connectivity index (χ1v) is 5.85. The van der Waals surface area contributed by atoms with Crippen molar-refractivity contribution in [3.05, 3.63) is 47.7 Å². The average Bonchev–Trinajstić information content (AvgIpc) is 2.42. The first-order valence-electron chi connectivity index (χ1n) is 5.48. The van der Waals surface area contributed by atoms with Crippen LogP contribution in [-0.4, -0.2) is 20.3 Å². The maximum absolute atomic E-state index is 9.69. The average molecular weight is 274 g/mol. The molecule has 1 N–H and O–H groups in total. The molecule has 3 rings (SSSR count). The molecule has 0 bridgehead atoms. The summed E-state index contributed by atoms with van der Waals surface area (Å²) in [4.78, 5) is 4.24. The van der Waals surface area contributed by atoms with Crippen molar-refractivity contribution < 1.29 is 9.84 Å². The van der Waals surface area contributed by atoms with E-state index in [2.05, 4.69) is 15.2 Å². The smallest absolute Gasteiger partial charge is 0.281 e. The van der Waals surface area contributed by atoms with Crippen LogP contribution in [-0.2, 0) is 0 Å². The maximum Gasteiger partial charge on any atom is 0.281 e. The van der Waals surface area contributed by atoms with Gasteiger partial charge in [0.25, 0.3) is 5.88 Å². The molecule has 2 aromatic heterocycles. The molecule has 0 unspecified atom stereocenters. The van der Waals surface area contributed by atoms with E-state index < -0.39 is 0 Å². The molecular formula is C13H8ClN3O2. The number of aromatic hydroxyl groups is 1. The zero-order chi connectivity index (χ0) is 13.2. The molecule has 6 heteroatoms. The number of rotatable bonds is 2. The van der Waals surface area contributed by atoms with E-state index in [1.54, 1.807) is 12.3 Å². The molecule has 0 fully saturated rings. The lowest BCUT2D eigenvalue weighted by molar-refractivity contribution is 0.394. The Morgan fingerprint density at radius 2 is 1.95 bits per heavy atom. The normalized spacial score (nSPS) is 10.6. The quantitative estimate of drug-likeness (QED) is 0.777. The zero-order valence-corrected chi connectivity index (χ0v) is 10.4. The van der Waals surface area contributed by atoms with Crippen LogP contribution in [0.25, 0.3) is 10.9 Å². The van der Waals surface area contributed by atoms with Crippen LogP contribution in [0.4, 0.5) is 0 Å². The Balaban J connectivity index is 2.06. The summed E-state index contributed by atoms with van der Waals surface area (Å²) in [5, 5.41) is 18.0. The van der Waals surface area contributed by atoms with Crippen molar-refractivity contribution in [3.63, 3.8) is 0 Å². The lowest BCUT2D eigenvalue weighted by Gasteiger charge is -2.07. The van der Waals surface area contributed by atoms with E-state index in [0.29, 0.717) is 11.3 Å². The Labute approximate surface area is 113 Å². The third-order valence-corrected chi connectivity index (χ3v) is 2.70. The van der Waals surface area contributed by atoms with Gasteiger partial charge in [0.1, 0.15) is 5.52 Å². The van der Waals surface area contributed by atoms with Crippen molar-refractivity contribution in [2.24, 2.45) is 0 Å². The molecule has 94 valence electrons. The van der Waals surface area contributed by atoms with Gasteiger partial charge in [0.2, 0.25) is 0 Å². The largest absolute Gasteiger partial charge is 0.503 e. The molecular weight excluding hydrogens is 266 g/mol. The Kier molecular flexibility index (Phi) is 2.89. The highest BCUT2D eigenvalue weighted by molar-refractivity contribution is 6.29. The van der Waals surface area contributed by atoms with Crippen LogP contribution >= 0.6 is 11.6 Å². The summed E-state index contributed by atoms with van der Waals surface area (Å²) in [6.07, 6.45) is 1.67. The zero-order valence-electron chi connectivity index (χ0n) is 9.62. The summed E-state index contributed by atoms with van der Waals surface area (Å²) in [7, 11) is 0. The number of para-hydroxylation sites is 1. The van der Waals surface area contributed by atoms with Gasteiger partial charge >= 0.3 is 0 Å². The van der Waals surface area contributed by atoms with Crippen molar-refractivity contribution in [1.82, 2.24) is 15.2 Å². The summed E-state index contributed by atoms with van der Waals surface area (Å²) in [6.45, 7) is 0. The van der Waals surface area contributed by atoms with Gasteiger partial charge in [0.15, 0.2) is 16.7 Å². The second-order valence-electron chi connectivity index (χ2n) is 3.79. The van der Waals surface area contributed by atoms with Gasteiger partial charge in [-0.1, -0.05) is 29.8 Å². The Hall–Kier alpha value is -2.40. The molecule has 0 aliphatic heterocycles. The molecule has 0 spiro atoms. The predicted octanol–water partition coefficient (Wildman–Crippen LogP) is 3.18. The predicted molar refractivity (Wildman–Crippen MR) is 70.5 cm³/mol. The Bertz CT molecular complexity index is 744. The Morgan fingerprint density at radius 3 is 2.79 bits per heavy atom. The van der Waals surface area contributed by atoms with E-state index in [9.17, 15) is 5.11 Å². The van der Waals surface area contributed by atoms with Gasteiger partial charge in [-0.2, -0.15) is 0 Å². The summed E-state index contributed by atoms with van der Waals surface area (Å²) in [5.41, 5.74) is 0.682. The number of aromatic nitrogens is 3. The summed E-state index contributed by atoms with van der Waals surface area (Å²) < 4.78 is 5.53. The highest BCUT2D eigenvalue weighted by Gasteiger charge is 2.10. The number of hydrogen-bond donors (Lipinski definition) is 1. The summed E-state index contributed by atoms with van der Waals surface area (Å²) in [6, 6.07) is 10.5. The topological polar surface area (TPSA) is 68.1 Å².